The number of methoxy groups -OCH3 is 2. The summed E-state index contributed by atoms with van der Waals surface area (Å²) in [5.41, 5.74) is 0.832. The molecule has 1 saturated heterocycles. The van der Waals surface area contributed by atoms with Gasteiger partial charge < -0.3 is 18.9 Å². The van der Waals surface area contributed by atoms with Crippen molar-refractivity contribution >= 4 is 32.9 Å². The van der Waals surface area contributed by atoms with Crippen LogP contribution in [-0.2, 0) is 38.0 Å². The molecule has 2 atom stereocenters. The number of hydrogen-bond acceptors (Lipinski definition) is 6. The highest BCUT2D eigenvalue weighted by Crippen LogP contribution is 2.41. The van der Waals surface area contributed by atoms with E-state index in [1.807, 2.05) is 16.4 Å². The van der Waals surface area contributed by atoms with E-state index < -0.39 is 34.2 Å². The summed E-state index contributed by atoms with van der Waals surface area (Å²) in [6.07, 6.45) is 1.17. The number of nitrogens with zero attached hydrogens (tertiary/aromatic N) is 2. The summed E-state index contributed by atoms with van der Waals surface area (Å²) >= 11 is 0. The van der Waals surface area contributed by atoms with Gasteiger partial charge in [0, 0.05) is 54.2 Å². The molecule has 4 aromatic rings. The van der Waals surface area contributed by atoms with Crippen LogP contribution in [0.25, 0.3) is 10.9 Å². The molecule has 1 aliphatic carbocycles. The third-order valence-electron chi connectivity index (χ3n) is 8.31. The van der Waals surface area contributed by atoms with E-state index in [4.69, 9.17) is 18.9 Å². The van der Waals surface area contributed by atoms with E-state index in [0.717, 1.165) is 5.56 Å². The van der Waals surface area contributed by atoms with Crippen molar-refractivity contribution in [3.8, 4) is 11.5 Å². The summed E-state index contributed by atoms with van der Waals surface area (Å²) in [6, 6.07) is 18.5. The molecule has 1 spiro atoms. The number of fused-ring (bicyclic) bond motifs is 1. The zero-order valence-corrected chi connectivity index (χ0v) is 26.1. The summed E-state index contributed by atoms with van der Waals surface area (Å²) in [4.78, 5) is 0.680. The molecule has 8 nitrogen and oxygen atoms in total. The molecule has 2 unspecified atom stereocenters. The molecular formula is C32H34F2N2O6S2. The second-order valence-corrected chi connectivity index (χ2v) is 13.5. The smallest absolute Gasteiger partial charge is 0.264 e. The van der Waals surface area contributed by atoms with Crippen molar-refractivity contribution in [3.63, 3.8) is 0 Å². The Morgan fingerprint density at radius 3 is 2.36 bits per heavy atom. The highest BCUT2D eigenvalue weighted by molar-refractivity contribution is 7.84. The number of ether oxygens (including phenoxy) is 4. The van der Waals surface area contributed by atoms with Gasteiger partial charge in [-0.2, -0.15) is 0 Å². The number of aromatic nitrogens is 1. The van der Waals surface area contributed by atoms with E-state index in [0.29, 0.717) is 60.8 Å². The Morgan fingerprint density at radius 1 is 0.977 bits per heavy atom. The summed E-state index contributed by atoms with van der Waals surface area (Å²) in [5.74, 6) is 0.538. The average molecular weight is 645 g/mol. The van der Waals surface area contributed by atoms with Crippen molar-refractivity contribution in [2.45, 2.75) is 60.3 Å². The van der Waals surface area contributed by atoms with Crippen molar-refractivity contribution in [1.29, 1.82) is 0 Å². The largest absolute Gasteiger partial charge is 0.497 e. The topological polar surface area (TPSA) is 79.2 Å². The van der Waals surface area contributed by atoms with E-state index in [1.165, 1.54) is 22.3 Å². The highest BCUT2D eigenvalue weighted by Gasteiger charge is 2.43. The van der Waals surface area contributed by atoms with Crippen LogP contribution in [0.1, 0.15) is 43.2 Å². The Labute approximate surface area is 260 Å². The maximum absolute atomic E-state index is 14.8. The number of alkyl halides is 2. The van der Waals surface area contributed by atoms with Gasteiger partial charge in [0.15, 0.2) is 16.8 Å². The van der Waals surface area contributed by atoms with E-state index in [2.05, 4.69) is 0 Å². The van der Waals surface area contributed by atoms with Crippen LogP contribution in [0.3, 0.4) is 0 Å². The van der Waals surface area contributed by atoms with Crippen LogP contribution in [0.5, 0.6) is 11.5 Å². The molecule has 1 aliphatic heterocycles. The molecular weight excluding hydrogens is 610 g/mol. The molecule has 12 heteroatoms. The van der Waals surface area contributed by atoms with Crippen molar-refractivity contribution < 1.29 is 36.1 Å². The normalized spacial score (nSPS) is 18.3. The molecule has 1 aromatic heterocycles. The zero-order chi connectivity index (χ0) is 30.8. The fourth-order valence-electron chi connectivity index (χ4n) is 6.07. The SMILES string of the molecule is COc1ccc(CN(C2CCC3(CC2)OCCO3)S(=O)c2cn(S(=O)c3ccccc3)c3cccc(C(F)F)c23)c(OC)c1. The zero-order valence-electron chi connectivity index (χ0n) is 24.4. The monoisotopic (exact) mass is 644 g/mol. The molecule has 2 heterocycles. The van der Waals surface area contributed by atoms with Gasteiger partial charge in [0.05, 0.1) is 42.7 Å². The fourth-order valence-corrected chi connectivity index (χ4v) is 8.87. The molecule has 3 aromatic carbocycles. The first-order chi connectivity index (χ1) is 21.3. The number of hydrogen-bond donors (Lipinski definition) is 0. The quantitative estimate of drug-likeness (QED) is 0.200. The lowest BCUT2D eigenvalue weighted by Gasteiger charge is -2.39. The molecule has 6 rings (SSSR count). The Bertz CT molecular complexity index is 1670. The van der Waals surface area contributed by atoms with Gasteiger partial charge in [0.25, 0.3) is 6.43 Å². The number of rotatable bonds is 10. The molecule has 0 N–H and O–H groups in total. The highest BCUT2D eigenvalue weighted by atomic mass is 32.2. The van der Waals surface area contributed by atoms with E-state index >= 15 is 0 Å². The van der Waals surface area contributed by atoms with Gasteiger partial charge in [-0.05, 0) is 37.1 Å². The van der Waals surface area contributed by atoms with Gasteiger partial charge in [-0.1, -0.05) is 36.4 Å². The van der Waals surface area contributed by atoms with Crippen molar-refractivity contribution in [2.24, 2.45) is 0 Å². The first kappa shape index (κ1) is 30.8. The van der Waals surface area contributed by atoms with E-state index in [9.17, 15) is 17.2 Å². The van der Waals surface area contributed by atoms with Gasteiger partial charge in [-0.15, -0.1) is 0 Å². The fraction of sp³-hybridized carbons (Fsp3) is 0.375. The molecule has 234 valence electrons. The minimum atomic E-state index is -2.82. The minimum Gasteiger partial charge on any atom is -0.497 e. The first-order valence-corrected chi connectivity index (χ1v) is 16.6. The maximum atomic E-state index is 14.8. The van der Waals surface area contributed by atoms with Crippen LogP contribution in [0.15, 0.2) is 82.7 Å². The van der Waals surface area contributed by atoms with E-state index in [-0.39, 0.29) is 28.4 Å². The van der Waals surface area contributed by atoms with Gasteiger partial charge in [0.2, 0.25) is 0 Å². The van der Waals surface area contributed by atoms with Crippen LogP contribution in [0.4, 0.5) is 8.78 Å². The molecule has 2 fully saturated rings. The van der Waals surface area contributed by atoms with Gasteiger partial charge in [0.1, 0.15) is 22.5 Å². The molecule has 2 aliphatic rings. The van der Waals surface area contributed by atoms with Crippen LogP contribution in [-0.4, -0.2) is 56.0 Å². The van der Waals surface area contributed by atoms with Crippen LogP contribution < -0.4 is 9.47 Å². The summed E-state index contributed by atoms with van der Waals surface area (Å²) in [7, 11) is -0.563. The molecule has 44 heavy (non-hydrogen) atoms. The third-order valence-corrected chi connectivity index (χ3v) is 11.2. The summed E-state index contributed by atoms with van der Waals surface area (Å²) < 4.78 is 83.6. The first-order valence-electron chi connectivity index (χ1n) is 14.4. The van der Waals surface area contributed by atoms with Crippen LogP contribution in [0.2, 0.25) is 0 Å². The predicted octanol–water partition coefficient (Wildman–Crippen LogP) is 6.38. The van der Waals surface area contributed by atoms with Crippen LogP contribution >= 0.6 is 0 Å². The van der Waals surface area contributed by atoms with E-state index in [1.54, 1.807) is 56.7 Å². The lowest BCUT2D eigenvalue weighted by Crippen LogP contribution is -2.44. The minimum absolute atomic E-state index is 0.145. The van der Waals surface area contributed by atoms with Crippen LogP contribution in [0, 0.1) is 0 Å². The Kier molecular flexibility index (Phi) is 9.16. The number of halogens is 2. The summed E-state index contributed by atoms with van der Waals surface area (Å²) in [6.45, 7) is 1.29. The Morgan fingerprint density at radius 2 is 1.70 bits per heavy atom. The lowest BCUT2D eigenvalue weighted by molar-refractivity contribution is -0.181. The van der Waals surface area contributed by atoms with Crippen molar-refractivity contribution in [1.82, 2.24) is 8.28 Å². The molecule has 0 bridgehead atoms. The second kappa shape index (κ2) is 13.1. The second-order valence-electron chi connectivity index (χ2n) is 10.8. The number of benzene rings is 3. The van der Waals surface area contributed by atoms with Gasteiger partial charge in [-0.3, -0.25) is 3.97 Å². The maximum Gasteiger partial charge on any atom is 0.264 e. The Hall–Kier alpha value is -3.16. The molecule has 0 amide bonds. The molecule has 1 saturated carbocycles. The third kappa shape index (κ3) is 5.93. The lowest BCUT2D eigenvalue weighted by atomic mass is 9.90. The molecule has 0 radical (unpaired) electrons. The average Bonchev–Trinajstić information content (AvgIpc) is 3.69. The predicted molar refractivity (Wildman–Crippen MR) is 164 cm³/mol. The standard InChI is InChI=1S/C32H34F2N2O6S2/c1-39-24-12-11-22(28(19-24)40-2)20-35(23-13-15-32(16-14-23)41-17-18-42-32)44(38)29-21-36(43(37)25-7-4-3-5-8-25)27-10-6-9-26(30(27)29)31(33)34/h3-12,19,21,23,31H,13-18,20H2,1-2H3. The van der Waals surface area contributed by atoms with Gasteiger partial charge in [-0.25, -0.2) is 21.5 Å². The summed E-state index contributed by atoms with van der Waals surface area (Å²) in [5, 5.41) is 0.145. The van der Waals surface area contributed by atoms with Crippen molar-refractivity contribution in [3.05, 3.63) is 84.1 Å². The Balaban J connectivity index is 1.45. The van der Waals surface area contributed by atoms with Gasteiger partial charge >= 0.3 is 0 Å². The van der Waals surface area contributed by atoms with Crippen molar-refractivity contribution in [2.75, 3.05) is 27.4 Å².